The summed E-state index contributed by atoms with van der Waals surface area (Å²) in [5.74, 6) is -0.905. The van der Waals surface area contributed by atoms with E-state index >= 15 is 0 Å². The third-order valence-electron chi connectivity index (χ3n) is 2.76. The van der Waals surface area contributed by atoms with Gasteiger partial charge in [-0.25, -0.2) is 8.78 Å². The Kier molecular flexibility index (Phi) is 7.84. The van der Waals surface area contributed by atoms with Crippen LogP contribution in [0.15, 0.2) is 61.2 Å². The zero-order valence-corrected chi connectivity index (χ0v) is 13.0. The molecule has 5 heteroatoms. The smallest absolute Gasteiger partial charge is 0.185 e. The van der Waals surface area contributed by atoms with E-state index in [1.54, 1.807) is 12.1 Å². The van der Waals surface area contributed by atoms with Crippen molar-refractivity contribution in [3.8, 4) is 0 Å². The first-order chi connectivity index (χ1) is 11.0. The van der Waals surface area contributed by atoms with E-state index in [9.17, 15) is 18.4 Å². The molecule has 2 aromatic rings. The maximum atomic E-state index is 12.6. The molecule has 0 aliphatic rings. The fraction of sp³-hybridized carbons (Fsp3) is 0.111. The topological polar surface area (TPSA) is 34.1 Å². The first-order valence-electron chi connectivity index (χ1n) is 6.75. The molecule has 0 N–H and O–H groups in total. The van der Waals surface area contributed by atoms with E-state index in [1.165, 1.54) is 36.4 Å². The molecule has 0 amide bonds. The summed E-state index contributed by atoms with van der Waals surface area (Å²) < 4.78 is 25.1. The van der Waals surface area contributed by atoms with E-state index < -0.39 is 11.6 Å². The number of carbonyl (C=O) groups is 2. The number of carbonyl (C=O) groups excluding carboxylic acids is 2. The normalized spacial score (nSPS) is 9.52. The molecule has 120 valence electrons. The van der Waals surface area contributed by atoms with Crippen LogP contribution >= 0.6 is 11.6 Å². The molecule has 0 spiro atoms. The Labute approximate surface area is 138 Å². The van der Waals surface area contributed by atoms with Gasteiger partial charge >= 0.3 is 0 Å². The molecule has 0 heterocycles. The average Bonchev–Trinajstić information content (AvgIpc) is 2.55. The van der Waals surface area contributed by atoms with Crippen molar-refractivity contribution in [2.45, 2.75) is 6.42 Å². The van der Waals surface area contributed by atoms with Crippen LogP contribution in [-0.4, -0.2) is 17.4 Å². The number of allylic oxidation sites excluding steroid dienone is 1. The highest BCUT2D eigenvalue weighted by Gasteiger charge is 2.04. The molecule has 0 saturated carbocycles. The highest BCUT2D eigenvalue weighted by atomic mass is 35.5. The van der Waals surface area contributed by atoms with Gasteiger partial charge < -0.3 is 0 Å². The van der Waals surface area contributed by atoms with Crippen molar-refractivity contribution in [2.24, 2.45) is 0 Å². The van der Waals surface area contributed by atoms with Crippen molar-refractivity contribution in [3.05, 3.63) is 83.9 Å². The summed E-state index contributed by atoms with van der Waals surface area (Å²) in [5, 5.41) is 0. The number of benzene rings is 2. The van der Waals surface area contributed by atoms with Crippen LogP contribution in [0.2, 0.25) is 0 Å². The molecule has 0 unspecified atom stereocenters. The molecular weight excluding hydrogens is 322 g/mol. The minimum absolute atomic E-state index is 0.121. The van der Waals surface area contributed by atoms with E-state index in [2.05, 4.69) is 6.58 Å². The van der Waals surface area contributed by atoms with Gasteiger partial charge in [-0.05, 0) is 30.3 Å². The van der Waals surface area contributed by atoms with Gasteiger partial charge in [-0.3, -0.25) is 9.59 Å². The van der Waals surface area contributed by atoms with Gasteiger partial charge in [-0.2, -0.15) is 0 Å². The summed E-state index contributed by atoms with van der Waals surface area (Å²) in [5.41, 5.74) is 0.718. The quantitative estimate of drug-likeness (QED) is 0.445. The van der Waals surface area contributed by atoms with Crippen molar-refractivity contribution in [2.75, 3.05) is 5.88 Å². The SMILES string of the molecule is C=CC(=O)c1cccc(F)c1.O=C(CCCl)c1cccc(F)c1. The number of alkyl halides is 1. The molecule has 2 aromatic carbocycles. The Morgan fingerprint density at radius 1 is 1.00 bits per heavy atom. The van der Waals surface area contributed by atoms with Gasteiger partial charge in [-0.15, -0.1) is 11.6 Å². The molecule has 0 aliphatic carbocycles. The Morgan fingerprint density at radius 2 is 1.52 bits per heavy atom. The van der Waals surface area contributed by atoms with E-state index in [-0.39, 0.29) is 23.9 Å². The Bertz CT molecular complexity index is 699. The third kappa shape index (κ3) is 6.53. The fourth-order valence-electron chi connectivity index (χ4n) is 1.65. The first-order valence-corrected chi connectivity index (χ1v) is 7.28. The zero-order valence-electron chi connectivity index (χ0n) is 12.3. The van der Waals surface area contributed by atoms with Crippen LogP contribution < -0.4 is 0 Å². The molecule has 0 aliphatic heterocycles. The molecule has 0 saturated heterocycles. The Morgan fingerprint density at radius 3 is 2.00 bits per heavy atom. The van der Waals surface area contributed by atoms with Crippen LogP contribution in [0.25, 0.3) is 0 Å². The second kappa shape index (κ2) is 9.64. The molecular formula is C18H15ClF2O2. The van der Waals surface area contributed by atoms with Gasteiger partial charge in [0.15, 0.2) is 11.6 Å². The number of rotatable bonds is 5. The number of ketones is 2. The maximum Gasteiger partial charge on any atom is 0.185 e. The maximum absolute atomic E-state index is 12.6. The predicted octanol–water partition coefficient (Wildman–Crippen LogP) is 4.83. The van der Waals surface area contributed by atoms with E-state index in [0.717, 1.165) is 6.08 Å². The third-order valence-corrected chi connectivity index (χ3v) is 2.95. The van der Waals surface area contributed by atoms with E-state index in [4.69, 9.17) is 11.6 Å². The van der Waals surface area contributed by atoms with Crippen LogP contribution in [0.5, 0.6) is 0 Å². The van der Waals surface area contributed by atoms with Gasteiger partial charge in [0, 0.05) is 23.4 Å². The molecule has 2 nitrogen and oxygen atoms in total. The van der Waals surface area contributed by atoms with Gasteiger partial charge in [0.2, 0.25) is 0 Å². The standard InChI is InChI=1S/C9H8ClFO.C9H7FO/c10-5-4-9(12)7-2-1-3-8(11)6-7;1-2-9(11)7-4-3-5-8(10)6-7/h1-3,6H,4-5H2;2-6H,1H2. The molecule has 0 fully saturated rings. The van der Waals surface area contributed by atoms with Crippen molar-refractivity contribution in [1.29, 1.82) is 0 Å². The summed E-state index contributed by atoms with van der Waals surface area (Å²) in [7, 11) is 0. The van der Waals surface area contributed by atoms with Crippen LogP contribution in [0.1, 0.15) is 27.1 Å². The Balaban J connectivity index is 0.000000231. The van der Waals surface area contributed by atoms with Gasteiger partial charge in [0.05, 0.1) is 0 Å². The van der Waals surface area contributed by atoms with Crippen LogP contribution in [0.4, 0.5) is 8.78 Å². The van der Waals surface area contributed by atoms with Crippen molar-refractivity contribution in [1.82, 2.24) is 0 Å². The number of halogens is 3. The van der Waals surface area contributed by atoms with Crippen molar-refractivity contribution in [3.63, 3.8) is 0 Å². The van der Waals surface area contributed by atoms with E-state index in [0.29, 0.717) is 11.1 Å². The van der Waals surface area contributed by atoms with Gasteiger partial charge in [0.1, 0.15) is 11.6 Å². The largest absolute Gasteiger partial charge is 0.294 e. The molecule has 0 bridgehead atoms. The summed E-state index contributed by atoms with van der Waals surface area (Å²) in [4.78, 5) is 22.0. The highest BCUT2D eigenvalue weighted by Crippen LogP contribution is 2.06. The average molecular weight is 337 g/mol. The monoisotopic (exact) mass is 336 g/mol. The lowest BCUT2D eigenvalue weighted by molar-refractivity contribution is 0.0987. The zero-order chi connectivity index (χ0) is 17.2. The molecule has 0 radical (unpaired) electrons. The lowest BCUT2D eigenvalue weighted by Crippen LogP contribution is -1.99. The van der Waals surface area contributed by atoms with Crippen molar-refractivity contribution >= 4 is 23.2 Å². The fourth-order valence-corrected chi connectivity index (χ4v) is 1.82. The summed E-state index contributed by atoms with van der Waals surface area (Å²) in [6.45, 7) is 3.29. The van der Waals surface area contributed by atoms with Crippen LogP contribution in [0.3, 0.4) is 0 Å². The molecule has 0 aromatic heterocycles. The summed E-state index contributed by atoms with van der Waals surface area (Å²) >= 11 is 5.37. The second-order valence-electron chi connectivity index (χ2n) is 4.45. The molecule has 0 atom stereocenters. The van der Waals surface area contributed by atoms with E-state index in [1.807, 2.05) is 0 Å². The van der Waals surface area contributed by atoms with Gasteiger partial charge in [0.25, 0.3) is 0 Å². The lowest BCUT2D eigenvalue weighted by Gasteiger charge is -1.97. The second-order valence-corrected chi connectivity index (χ2v) is 4.83. The predicted molar refractivity (Wildman–Crippen MR) is 87.0 cm³/mol. The number of hydrogen-bond donors (Lipinski definition) is 0. The first kappa shape index (κ1) is 18.7. The van der Waals surface area contributed by atoms with Crippen LogP contribution in [0, 0.1) is 11.6 Å². The van der Waals surface area contributed by atoms with Crippen LogP contribution in [-0.2, 0) is 0 Å². The van der Waals surface area contributed by atoms with Gasteiger partial charge in [-0.1, -0.05) is 30.8 Å². The molecule has 2 rings (SSSR count). The minimum atomic E-state index is -0.405. The lowest BCUT2D eigenvalue weighted by atomic mass is 10.1. The summed E-state index contributed by atoms with van der Waals surface area (Å²) in [6, 6.07) is 11.1. The summed E-state index contributed by atoms with van der Waals surface area (Å²) in [6.07, 6.45) is 1.42. The minimum Gasteiger partial charge on any atom is -0.294 e. The molecule has 23 heavy (non-hydrogen) atoms. The number of Topliss-reactive ketones (excluding diaryl/α,β-unsaturated/α-hetero) is 1. The number of hydrogen-bond acceptors (Lipinski definition) is 2. The van der Waals surface area contributed by atoms with Crippen molar-refractivity contribution < 1.29 is 18.4 Å². The Hall–Kier alpha value is -2.33. The highest BCUT2D eigenvalue weighted by molar-refractivity contribution is 6.19.